The Morgan fingerprint density at radius 2 is 1.74 bits per heavy atom. The van der Waals surface area contributed by atoms with Crippen LogP contribution >= 0.6 is 0 Å². The van der Waals surface area contributed by atoms with Crippen LogP contribution in [-0.4, -0.2) is 36.9 Å². The Bertz CT molecular complexity index is 1080. The predicted octanol–water partition coefficient (Wildman–Crippen LogP) is 3.14. The van der Waals surface area contributed by atoms with Crippen LogP contribution in [0.4, 0.5) is 5.82 Å². The molecule has 1 fully saturated rings. The first kappa shape index (κ1) is 17.4. The van der Waals surface area contributed by atoms with E-state index in [0.717, 1.165) is 52.5 Å². The molecule has 2 aromatic heterocycles. The van der Waals surface area contributed by atoms with Gasteiger partial charge in [0.25, 0.3) is 5.56 Å². The normalized spacial score (nSPS) is 13.6. The standard InChI is InChI=1S/C21H23N3O3/c1-13-8-19(27-4)15(9-18(13)26-3)17-12-23(2)21(25)16-11-22-20(10-14(16)17)24-6-5-7-24/h8-12H,5-7H2,1-4H3. The summed E-state index contributed by atoms with van der Waals surface area (Å²) in [6.45, 7) is 3.98. The van der Waals surface area contributed by atoms with Gasteiger partial charge in [-0.2, -0.15) is 0 Å². The smallest absolute Gasteiger partial charge is 0.259 e. The fourth-order valence-electron chi connectivity index (χ4n) is 3.54. The van der Waals surface area contributed by atoms with E-state index in [4.69, 9.17) is 9.47 Å². The van der Waals surface area contributed by atoms with Gasteiger partial charge in [-0.25, -0.2) is 4.98 Å². The van der Waals surface area contributed by atoms with Crippen LogP contribution in [0.2, 0.25) is 0 Å². The molecule has 0 bridgehead atoms. The number of benzene rings is 1. The maximum absolute atomic E-state index is 12.7. The molecule has 1 aromatic carbocycles. The minimum atomic E-state index is -0.0607. The molecule has 1 saturated heterocycles. The Morgan fingerprint density at radius 3 is 2.37 bits per heavy atom. The van der Waals surface area contributed by atoms with E-state index < -0.39 is 0 Å². The van der Waals surface area contributed by atoms with E-state index in [2.05, 4.69) is 9.88 Å². The molecule has 3 heterocycles. The van der Waals surface area contributed by atoms with Crippen molar-refractivity contribution in [1.82, 2.24) is 9.55 Å². The van der Waals surface area contributed by atoms with Gasteiger partial charge in [0.05, 0.1) is 19.6 Å². The van der Waals surface area contributed by atoms with Crippen molar-refractivity contribution in [3.05, 3.63) is 46.5 Å². The van der Waals surface area contributed by atoms with Gasteiger partial charge >= 0.3 is 0 Å². The summed E-state index contributed by atoms with van der Waals surface area (Å²) in [5, 5.41) is 1.47. The zero-order chi connectivity index (χ0) is 19.1. The highest BCUT2D eigenvalue weighted by Crippen LogP contribution is 2.39. The molecule has 0 saturated carbocycles. The zero-order valence-corrected chi connectivity index (χ0v) is 16.1. The van der Waals surface area contributed by atoms with E-state index in [-0.39, 0.29) is 5.56 Å². The van der Waals surface area contributed by atoms with Crippen LogP contribution in [0.3, 0.4) is 0 Å². The van der Waals surface area contributed by atoms with Crippen molar-refractivity contribution in [2.45, 2.75) is 13.3 Å². The van der Waals surface area contributed by atoms with Crippen LogP contribution in [0.25, 0.3) is 21.9 Å². The van der Waals surface area contributed by atoms with E-state index in [1.165, 1.54) is 6.42 Å². The van der Waals surface area contributed by atoms with Crippen molar-refractivity contribution in [3.8, 4) is 22.6 Å². The molecule has 0 radical (unpaired) electrons. The molecule has 27 heavy (non-hydrogen) atoms. The average molecular weight is 365 g/mol. The Morgan fingerprint density at radius 1 is 1.00 bits per heavy atom. The predicted molar refractivity (Wildman–Crippen MR) is 107 cm³/mol. The average Bonchev–Trinajstić information content (AvgIpc) is 2.63. The minimum absolute atomic E-state index is 0.0607. The van der Waals surface area contributed by atoms with Crippen molar-refractivity contribution in [2.75, 3.05) is 32.2 Å². The maximum atomic E-state index is 12.7. The zero-order valence-electron chi connectivity index (χ0n) is 16.1. The van der Waals surface area contributed by atoms with Crippen LogP contribution in [0.5, 0.6) is 11.5 Å². The summed E-state index contributed by atoms with van der Waals surface area (Å²) >= 11 is 0. The third kappa shape index (κ3) is 2.81. The van der Waals surface area contributed by atoms with Crippen molar-refractivity contribution in [2.24, 2.45) is 7.05 Å². The summed E-state index contributed by atoms with van der Waals surface area (Å²) in [6, 6.07) is 5.94. The Kier molecular flexibility index (Phi) is 4.26. The SMILES string of the molecule is COc1cc(-c2cn(C)c(=O)c3cnc(N4CCC4)cc23)c(OC)cc1C. The molecule has 140 valence electrons. The highest BCUT2D eigenvalue weighted by Gasteiger charge is 2.20. The summed E-state index contributed by atoms with van der Waals surface area (Å²) in [4.78, 5) is 19.4. The third-order valence-electron chi connectivity index (χ3n) is 5.24. The Hall–Kier alpha value is -3.02. The number of nitrogens with zero attached hydrogens (tertiary/aromatic N) is 3. The van der Waals surface area contributed by atoms with Gasteiger partial charge in [-0.15, -0.1) is 0 Å². The second-order valence-electron chi connectivity index (χ2n) is 6.91. The minimum Gasteiger partial charge on any atom is -0.496 e. The lowest BCUT2D eigenvalue weighted by Gasteiger charge is -2.32. The largest absolute Gasteiger partial charge is 0.496 e. The summed E-state index contributed by atoms with van der Waals surface area (Å²) in [6.07, 6.45) is 4.72. The molecule has 0 unspecified atom stereocenters. The number of pyridine rings is 2. The summed E-state index contributed by atoms with van der Waals surface area (Å²) < 4.78 is 12.7. The van der Waals surface area contributed by atoms with E-state index in [9.17, 15) is 4.79 Å². The number of anilines is 1. The summed E-state index contributed by atoms with van der Waals surface area (Å²) in [7, 11) is 5.07. The fourth-order valence-corrected chi connectivity index (χ4v) is 3.54. The fraction of sp³-hybridized carbons (Fsp3) is 0.333. The molecule has 0 atom stereocenters. The van der Waals surface area contributed by atoms with E-state index in [0.29, 0.717) is 5.39 Å². The van der Waals surface area contributed by atoms with Crippen LogP contribution in [0.1, 0.15) is 12.0 Å². The lowest BCUT2D eigenvalue weighted by atomic mass is 9.98. The molecular formula is C21H23N3O3. The number of hydrogen-bond donors (Lipinski definition) is 0. The van der Waals surface area contributed by atoms with Crippen molar-refractivity contribution in [3.63, 3.8) is 0 Å². The molecule has 6 nitrogen and oxygen atoms in total. The van der Waals surface area contributed by atoms with Crippen LogP contribution in [-0.2, 0) is 7.05 Å². The molecule has 0 spiro atoms. The molecule has 0 N–H and O–H groups in total. The second kappa shape index (κ2) is 6.61. The molecule has 0 aliphatic carbocycles. The van der Waals surface area contributed by atoms with Gasteiger partial charge in [-0.1, -0.05) is 0 Å². The van der Waals surface area contributed by atoms with Crippen molar-refractivity contribution in [1.29, 1.82) is 0 Å². The van der Waals surface area contributed by atoms with Gasteiger partial charge in [0.1, 0.15) is 17.3 Å². The second-order valence-corrected chi connectivity index (χ2v) is 6.91. The highest BCUT2D eigenvalue weighted by atomic mass is 16.5. The first-order valence-electron chi connectivity index (χ1n) is 9.01. The molecule has 6 heteroatoms. The van der Waals surface area contributed by atoms with Crippen LogP contribution < -0.4 is 19.9 Å². The van der Waals surface area contributed by atoms with E-state index in [1.54, 1.807) is 32.0 Å². The molecule has 0 amide bonds. The first-order chi connectivity index (χ1) is 13.0. The Balaban J connectivity index is 2.03. The molecule has 1 aliphatic heterocycles. The molecule has 3 aromatic rings. The lowest BCUT2D eigenvalue weighted by Crippen LogP contribution is -2.37. The summed E-state index contributed by atoms with van der Waals surface area (Å²) in [5.74, 6) is 2.43. The number of rotatable bonds is 4. The number of aryl methyl sites for hydroxylation is 2. The monoisotopic (exact) mass is 365 g/mol. The molecule has 1 aliphatic rings. The van der Waals surface area contributed by atoms with Gasteiger partial charge in [0.2, 0.25) is 0 Å². The number of aromatic nitrogens is 2. The van der Waals surface area contributed by atoms with Gasteiger partial charge in [0.15, 0.2) is 0 Å². The van der Waals surface area contributed by atoms with Gasteiger partial charge in [-0.3, -0.25) is 4.79 Å². The topological polar surface area (TPSA) is 56.6 Å². The highest BCUT2D eigenvalue weighted by molar-refractivity contribution is 5.98. The maximum Gasteiger partial charge on any atom is 0.259 e. The van der Waals surface area contributed by atoms with Gasteiger partial charge < -0.3 is 18.9 Å². The number of ether oxygens (including phenoxy) is 2. The van der Waals surface area contributed by atoms with E-state index in [1.807, 2.05) is 31.3 Å². The Labute approximate surface area is 158 Å². The molecular weight excluding hydrogens is 342 g/mol. The van der Waals surface area contributed by atoms with Gasteiger partial charge in [-0.05, 0) is 37.1 Å². The third-order valence-corrected chi connectivity index (χ3v) is 5.24. The first-order valence-corrected chi connectivity index (χ1v) is 9.01. The summed E-state index contributed by atoms with van der Waals surface area (Å²) in [5.41, 5.74) is 2.75. The number of methoxy groups -OCH3 is 2. The van der Waals surface area contributed by atoms with Crippen molar-refractivity contribution >= 4 is 16.6 Å². The van der Waals surface area contributed by atoms with Gasteiger partial charge in [0, 0.05) is 49.0 Å². The van der Waals surface area contributed by atoms with E-state index >= 15 is 0 Å². The van der Waals surface area contributed by atoms with Crippen molar-refractivity contribution < 1.29 is 9.47 Å². The quantitative estimate of drug-likeness (QED) is 0.711. The van der Waals surface area contributed by atoms with Crippen LogP contribution in [0, 0.1) is 6.92 Å². The number of fused-ring (bicyclic) bond motifs is 1. The number of hydrogen-bond acceptors (Lipinski definition) is 5. The lowest BCUT2D eigenvalue weighted by molar-refractivity contribution is 0.402. The van der Waals surface area contributed by atoms with Crippen LogP contribution in [0.15, 0.2) is 35.4 Å². The molecule has 4 rings (SSSR count).